The summed E-state index contributed by atoms with van der Waals surface area (Å²) in [6, 6.07) is 10.2. The van der Waals surface area contributed by atoms with Gasteiger partial charge in [-0.1, -0.05) is 24.0 Å². The van der Waals surface area contributed by atoms with Crippen molar-refractivity contribution in [3.05, 3.63) is 54.0 Å². The molecule has 2 rings (SSSR count). The molecule has 1 atom stereocenters. The first kappa shape index (κ1) is 12.9. The summed E-state index contributed by atoms with van der Waals surface area (Å²) in [5.74, 6) is 6.13. The molecule has 0 saturated heterocycles. The Morgan fingerprint density at radius 1 is 1.32 bits per heavy atom. The first-order valence-corrected chi connectivity index (χ1v) is 5.68. The molecule has 4 heteroatoms. The van der Waals surface area contributed by atoms with Gasteiger partial charge in [-0.15, -0.1) is 0 Å². The van der Waals surface area contributed by atoms with E-state index >= 15 is 0 Å². The second-order valence-corrected chi connectivity index (χ2v) is 3.68. The lowest BCUT2D eigenvalue weighted by Crippen LogP contribution is -1.98. The van der Waals surface area contributed by atoms with Crippen LogP contribution in [-0.4, -0.2) is 18.0 Å². The zero-order chi connectivity index (χ0) is 13.5. The number of aliphatic hydroxyl groups excluding tert-OH is 1. The van der Waals surface area contributed by atoms with Crippen LogP contribution in [0, 0.1) is 11.8 Å². The first-order valence-electron chi connectivity index (χ1n) is 5.68. The molecule has 1 aromatic heterocycles. The molecule has 0 spiro atoms. The zero-order valence-electron chi connectivity index (χ0n) is 10.1. The lowest BCUT2D eigenvalue weighted by Gasteiger charge is -2.04. The summed E-state index contributed by atoms with van der Waals surface area (Å²) in [4.78, 5) is 10.8. The van der Waals surface area contributed by atoms with E-state index < -0.39 is 6.10 Å². The molecule has 2 aromatic rings. The first-order chi connectivity index (χ1) is 9.31. The van der Waals surface area contributed by atoms with Crippen LogP contribution in [0.2, 0.25) is 0 Å². The Bertz CT molecular complexity index is 590. The number of rotatable bonds is 4. The van der Waals surface area contributed by atoms with Crippen LogP contribution < -0.4 is 4.74 Å². The largest absolute Gasteiger partial charge is 0.480 e. The van der Waals surface area contributed by atoms with Crippen molar-refractivity contribution in [2.45, 2.75) is 6.10 Å². The van der Waals surface area contributed by atoms with Crippen LogP contribution in [0.3, 0.4) is 0 Å². The maximum Gasteiger partial charge on any atom is 0.172 e. The number of furan rings is 1. The highest BCUT2D eigenvalue weighted by atomic mass is 16.5. The Morgan fingerprint density at radius 3 is 2.89 bits per heavy atom. The molecule has 96 valence electrons. The molecule has 0 aliphatic heterocycles. The second-order valence-electron chi connectivity index (χ2n) is 3.68. The fraction of sp³-hybridized carbons (Fsp3) is 0.133. The number of hydrogen-bond donors (Lipinski definition) is 1. The Kier molecular flexibility index (Phi) is 4.38. The summed E-state index contributed by atoms with van der Waals surface area (Å²) < 4.78 is 10.4. The van der Waals surface area contributed by atoms with Gasteiger partial charge in [0.05, 0.1) is 11.8 Å². The number of hydrogen-bond acceptors (Lipinski definition) is 4. The molecule has 1 N–H and O–H groups in total. The summed E-state index contributed by atoms with van der Waals surface area (Å²) in [7, 11) is 0. The highest BCUT2D eigenvalue weighted by Crippen LogP contribution is 2.15. The minimum atomic E-state index is -0.972. The molecule has 1 unspecified atom stereocenters. The highest BCUT2D eigenvalue weighted by Gasteiger charge is 2.05. The zero-order valence-corrected chi connectivity index (χ0v) is 10.1. The van der Waals surface area contributed by atoms with Gasteiger partial charge in [0.2, 0.25) is 0 Å². The van der Waals surface area contributed by atoms with Crippen molar-refractivity contribution in [3.8, 4) is 17.6 Å². The van der Waals surface area contributed by atoms with Gasteiger partial charge in [-0.2, -0.15) is 0 Å². The Morgan fingerprint density at radius 2 is 2.16 bits per heavy atom. The van der Waals surface area contributed by atoms with E-state index in [1.807, 2.05) is 0 Å². The third kappa shape index (κ3) is 3.47. The van der Waals surface area contributed by atoms with Gasteiger partial charge in [-0.3, -0.25) is 4.79 Å². The van der Waals surface area contributed by atoms with Crippen LogP contribution in [0.25, 0.3) is 0 Å². The number of aliphatic hydroxyl groups is 1. The SMILES string of the molecule is O=Cc1ccccc1OCC#CC(O)c1ccco1. The van der Waals surface area contributed by atoms with E-state index in [1.165, 1.54) is 6.26 Å². The smallest absolute Gasteiger partial charge is 0.172 e. The molecule has 0 bridgehead atoms. The maximum atomic E-state index is 10.8. The number of ether oxygens (including phenoxy) is 1. The van der Waals surface area contributed by atoms with E-state index in [-0.39, 0.29) is 6.61 Å². The van der Waals surface area contributed by atoms with Crippen molar-refractivity contribution < 1.29 is 19.1 Å². The maximum absolute atomic E-state index is 10.8. The predicted octanol–water partition coefficient (Wildman–Crippen LogP) is 2.21. The number of carbonyl (C=O) groups is 1. The minimum Gasteiger partial charge on any atom is -0.480 e. The minimum absolute atomic E-state index is 0.0859. The van der Waals surface area contributed by atoms with Gasteiger partial charge >= 0.3 is 0 Å². The van der Waals surface area contributed by atoms with Crippen molar-refractivity contribution in [3.63, 3.8) is 0 Å². The third-order valence-corrected chi connectivity index (χ3v) is 2.40. The summed E-state index contributed by atoms with van der Waals surface area (Å²) in [5.41, 5.74) is 0.468. The van der Waals surface area contributed by atoms with Gasteiger partial charge < -0.3 is 14.3 Å². The van der Waals surface area contributed by atoms with E-state index in [0.717, 1.165) is 6.29 Å². The molecule has 0 aliphatic carbocycles. The predicted molar refractivity (Wildman–Crippen MR) is 68.8 cm³/mol. The molecule has 0 amide bonds. The Balaban J connectivity index is 1.92. The standard InChI is InChI=1S/C15H12O4/c16-11-12-5-1-2-7-14(12)18-9-3-6-13(17)15-8-4-10-19-15/h1-2,4-5,7-8,10-11,13,17H,9H2. The highest BCUT2D eigenvalue weighted by molar-refractivity contribution is 5.79. The van der Waals surface area contributed by atoms with E-state index in [0.29, 0.717) is 17.1 Å². The molecule has 19 heavy (non-hydrogen) atoms. The molecule has 4 nitrogen and oxygen atoms in total. The molecule has 0 saturated carbocycles. The summed E-state index contributed by atoms with van der Waals surface area (Å²) in [5, 5.41) is 9.63. The van der Waals surface area contributed by atoms with Crippen LogP contribution in [0.15, 0.2) is 47.1 Å². The molecular weight excluding hydrogens is 244 g/mol. The lowest BCUT2D eigenvalue weighted by atomic mass is 10.2. The van der Waals surface area contributed by atoms with Crippen molar-refractivity contribution in [2.75, 3.05) is 6.61 Å². The normalized spacial score (nSPS) is 11.2. The Labute approximate surface area is 110 Å². The van der Waals surface area contributed by atoms with Gasteiger partial charge in [0.15, 0.2) is 12.4 Å². The van der Waals surface area contributed by atoms with E-state index in [2.05, 4.69) is 11.8 Å². The van der Waals surface area contributed by atoms with Crippen molar-refractivity contribution >= 4 is 6.29 Å². The summed E-state index contributed by atoms with van der Waals surface area (Å²) in [6.07, 6.45) is 1.22. The number of aldehydes is 1. The number of carbonyl (C=O) groups excluding carboxylic acids is 1. The lowest BCUT2D eigenvalue weighted by molar-refractivity contribution is 0.112. The van der Waals surface area contributed by atoms with Gasteiger partial charge in [0.1, 0.15) is 18.1 Å². The molecule has 0 fully saturated rings. The van der Waals surface area contributed by atoms with Crippen LogP contribution in [0.4, 0.5) is 0 Å². The fourth-order valence-electron chi connectivity index (χ4n) is 1.48. The van der Waals surface area contributed by atoms with E-state index in [9.17, 15) is 9.90 Å². The molecule has 1 aromatic carbocycles. The van der Waals surface area contributed by atoms with Crippen molar-refractivity contribution in [1.29, 1.82) is 0 Å². The quantitative estimate of drug-likeness (QED) is 0.673. The second kappa shape index (κ2) is 6.43. The van der Waals surface area contributed by atoms with Crippen LogP contribution in [0.5, 0.6) is 5.75 Å². The van der Waals surface area contributed by atoms with E-state index in [4.69, 9.17) is 9.15 Å². The molecule has 0 aliphatic rings. The van der Waals surface area contributed by atoms with Gasteiger partial charge in [-0.25, -0.2) is 0 Å². The van der Waals surface area contributed by atoms with Gasteiger partial charge in [0, 0.05) is 0 Å². The van der Waals surface area contributed by atoms with Gasteiger partial charge in [-0.05, 0) is 24.3 Å². The monoisotopic (exact) mass is 256 g/mol. The average molecular weight is 256 g/mol. The van der Waals surface area contributed by atoms with Crippen LogP contribution >= 0.6 is 0 Å². The van der Waals surface area contributed by atoms with Crippen molar-refractivity contribution in [1.82, 2.24) is 0 Å². The summed E-state index contributed by atoms with van der Waals surface area (Å²) in [6.45, 7) is 0.0859. The van der Waals surface area contributed by atoms with Gasteiger partial charge in [0.25, 0.3) is 0 Å². The third-order valence-electron chi connectivity index (χ3n) is 2.40. The van der Waals surface area contributed by atoms with E-state index in [1.54, 1.807) is 36.4 Å². The number of benzene rings is 1. The van der Waals surface area contributed by atoms with Crippen LogP contribution in [-0.2, 0) is 0 Å². The van der Waals surface area contributed by atoms with Crippen molar-refractivity contribution in [2.24, 2.45) is 0 Å². The average Bonchev–Trinajstić information content (AvgIpc) is 2.98. The van der Waals surface area contributed by atoms with Crippen LogP contribution in [0.1, 0.15) is 22.2 Å². The summed E-state index contributed by atoms with van der Waals surface area (Å²) >= 11 is 0. The molecule has 1 heterocycles. The molecular formula is C15H12O4. The molecule has 0 radical (unpaired) electrons. The topological polar surface area (TPSA) is 59.7 Å². The Hall–Kier alpha value is -2.51. The number of para-hydroxylation sites is 1. The fourth-order valence-corrected chi connectivity index (χ4v) is 1.48.